The number of nitrogens with two attached hydrogens (primary N) is 1. The lowest BCUT2D eigenvalue weighted by atomic mass is 10.3. The predicted molar refractivity (Wildman–Crippen MR) is 68.6 cm³/mol. The van der Waals surface area contributed by atoms with Crippen LogP contribution in [0.5, 0.6) is 6.01 Å². The Kier molecular flexibility index (Phi) is 3.71. The largest absolute Gasteiger partial charge is 0.467 e. The molecule has 0 aliphatic heterocycles. The molecule has 2 rings (SSSR count). The number of halogens is 1. The number of hydrogen-bond donors (Lipinski definition) is 1. The summed E-state index contributed by atoms with van der Waals surface area (Å²) in [5.74, 6) is 0. The van der Waals surface area contributed by atoms with Crippen molar-refractivity contribution in [3.63, 3.8) is 0 Å². The van der Waals surface area contributed by atoms with Gasteiger partial charge in [0.15, 0.2) is 0 Å². The van der Waals surface area contributed by atoms with Gasteiger partial charge in [-0.3, -0.25) is 0 Å². The summed E-state index contributed by atoms with van der Waals surface area (Å²) in [7, 11) is 1.51. The van der Waals surface area contributed by atoms with Gasteiger partial charge in [-0.05, 0) is 24.3 Å². The Morgan fingerprint density at radius 1 is 1.29 bits per heavy atom. The highest BCUT2D eigenvalue weighted by Crippen LogP contribution is 2.32. The van der Waals surface area contributed by atoms with Crippen LogP contribution in [0.25, 0.3) is 0 Å². The van der Waals surface area contributed by atoms with Crippen molar-refractivity contribution in [3.8, 4) is 6.01 Å². The fourth-order valence-corrected chi connectivity index (χ4v) is 2.13. The number of nitrogens with zero attached hydrogens (tertiary/aromatic N) is 2. The maximum atomic E-state index is 6.01. The molecule has 0 radical (unpaired) electrons. The lowest BCUT2D eigenvalue weighted by Gasteiger charge is -2.04. The van der Waals surface area contributed by atoms with Crippen molar-refractivity contribution in [2.24, 2.45) is 0 Å². The second-order valence-electron chi connectivity index (χ2n) is 3.18. The number of rotatable bonds is 3. The molecule has 88 valence electrons. The second-order valence-corrected chi connectivity index (χ2v) is 4.65. The van der Waals surface area contributed by atoms with E-state index in [1.807, 2.05) is 24.3 Å². The van der Waals surface area contributed by atoms with Gasteiger partial charge in [-0.2, -0.15) is 4.98 Å². The second kappa shape index (κ2) is 5.25. The molecule has 0 fully saturated rings. The SMILES string of the molecule is COc1ncc(Cl)c(Sc2ccc(N)cc2)n1. The predicted octanol–water partition coefficient (Wildman–Crippen LogP) is 2.87. The first-order valence-electron chi connectivity index (χ1n) is 4.79. The topological polar surface area (TPSA) is 61.0 Å². The molecule has 4 nitrogen and oxygen atoms in total. The molecule has 0 spiro atoms. The zero-order chi connectivity index (χ0) is 12.3. The summed E-state index contributed by atoms with van der Waals surface area (Å²) in [6.45, 7) is 0. The highest BCUT2D eigenvalue weighted by atomic mass is 35.5. The molecule has 6 heteroatoms. The maximum Gasteiger partial charge on any atom is 0.317 e. The monoisotopic (exact) mass is 267 g/mol. The molecule has 0 unspecified atom stereocenters. The lowest BCUT2D eigenvalue weighted by molar-refractivity contribution is 0.376. The number of benzene rings is 1. The first kappa shape index (κ1) is 12.0. The van der Waals surface area contributed by atoms with Gasteiger partial charge in [0.2, 0.25) is 0 Å². The average molecular weight is 268 g/mol. The van der Waals surface area contributed by atoms with E-state index in [4.69, 9.17) is 22.1 Å². The summed E-state index contributed by atoms with van der Waals surface area (Å²) in [5, 5.41) is 1.15. The molecule has 17 heavy (non-hydrogen) atoms. The van der Waals surface area contributed by atoms with Gasteiger partial charge in [-0.15, -0.1) is 0 Å². The molecule has 0 aliphatic rings. The molecule has 0 aliphatic carbocycles. The minimum Gasteiger partial charge on any atom is -0.467 e. The van der Waals surface area contributed by atoms with E-state index in [0.29, 0.717) is 16.1 Å². The highest BCUT2D eigenvalue weighted by molar-refractivity contribution is 7.99. The van der Waals surface area contributed by atoms with Gasteiger partial charge in [-0.1, -0.05) is 23.4 Å². The van der Waals surface area contributed by atoms with Gasteiger partial charge in [0.05, 0.1) is 18.3 Å². The van der Waals surface area contributed by atoms with Crippen LogP contribution < -0.4 is 10.5 Å². The summed E-state index contributed by atoms with van der Waals surface area (Å²) >= 11 is 7.44. The number of hydrogen-bond acceptors (Lipinski definition) is 5. The molecule has 1 heterocycles. The van der Waals surface area contributed by atoms with E-state index in [1.54, 1.807) is 0 Å². The zero-order valence-electron chi connectivity index (χ0n) is 9.05. The summed E-state index contributed by atoms with van der Waals surface area (Å²) in [6.07, 6.45) is 1.52. The lowest BCUT2D eigenvalue weighted by Crippen LogP contribution is -1.93. The van der Waals surface area contributed by atoms with E-state index in [1.165, 1.54) is 25.1 Å². The van der Waals surface area contributed by atoms with E-state index in [9.17, 15) is 0 Å². The fourth-order valence-electron chi connectivity index (χ4n) is 1.15. The molecular weight excluding hydrogens is 258 g/mol. The van der Waals surface area contributed by atoms with Crippen LogP contribution in [-0.4, -0.2) is 17.1 Å². The quantitative estimate of drug-likeness (QED) is 0.684. The Bertz CT molecular complexity index is 519. The molecule has 0 bridgehead atoms. The van der Waals surface area contributed by atoms with E-state index in [0.717, 1.165) is 10.6 Å². The van der Waals surface area contributed by atoms with Crippen LogP contribution in [0.2, 0.25) is 5.02 Å². The van der Waals surface area contributed by atoms with Gasteiger partial charge in [0.25, 0.3) is 0 Å². The minimum absolute atomic E-state index is 0.298. The van der Waals surface area contributed by atoms with E-state index in [-0.39, 0.29) is 0 Å². The molecule has 1 aromatic carbocycles. The summed E-state index contributed by atoms with van der Waals surface area (Å²) in [5.41, 5.74) is 6.34. The molecule has 1 aromatic heterocycles. The third-order valence-corrected chi connectivity index (χ3v) is 3.37. The van der Waals surface area contributed by atoms with Crippen LogP contribution >= 0.6 is 23.4 Å². The summed E-state index contributed by atoms with van der Waals surface area (Å²) < 4.78 is 4.95. The zero-order valence-corrected chi connectivity index (χ0v) is 10.6. The molecule has 0 saturated heterocycles. The summed E-state index contributed by atoms with van der Waals surface area (Å²) in [6, 6.07) is 7.77. The minimum atomic E-state index is 0.298. The van der Waals surface area contributed by atoms with Gasteiger partial charge in [0.1, 0.15) is 5.03 Å². The van der Waals surface area contributed by atoms with Crippen molar-refractivity contribution >= 4 is 29.1 Å². The molecule has 0 atom stereocenters. The molecular formula is C11H10ClN3OS. The van der Waals surface area contributed by atoms with Gasteiger partial charge < -0.3 is 10.5 Å². The Morgan fingerprint density at radius 2 is 2.00 bits per heavy atom. The average Bonchev–Trinajstić information content (AvgIpc) is 2.35. The van der Waals surface area contributed by atoms with E-state index < -0.39 is 0 Å². The third-order valence-electron chi connectivity index (χ3n) is 1.97. The van der Waals surface area contributed by atoms with E-state index >= 15 is 0 Å². The van der Waals surface area contributed by atoms with E-state index in [2.05, 4.69) is 9.97 Å². The first-order valence-corrected chi connectivity index (χ1v) is 5.98. The number of ether oxygens (including phenoxy) is 1. The van der Waals surface area contributed by atoms with Crippen molar-refractivity contribution in [3.05, 3.63) is 35.5 Å². The van der Waals surface area contributed by atoms with Gasteiger partial charge in [0, 0.05) is 10.6 Å². The number of methoxy groups -OCH3 is 1. The normalized spacial score (nSPS) is 10.2. The standard InChI is InChI=1S/C11H10ClN3OS/c1-16-11-14-6-9(12)10(15-11)17-8-4-2-7(13)3-5-8/h2-6H,13H2,1H3. The fraction of sp³-hybridized carbons (Fsp3) is 0.0909. The summed E-state index contributed by atoms with van der Waals surface area (Å²) in [4.78, 5) is 9.09. The molecule has 2 N–H and O–H groups in total. The van der Waals surface area contributed by atoms with Gasteiger partial charge >= 0.3 is 6.01 Å². The van der Waals surface area contributed by atoms with Crippen LogP contribution in [-0.2, 0) is 0 Å². The Labute approximate surface area is 108 Å². The highest BCUT2D eigenvalue weighted by Gasteiger charge is 2.07. The Balaban J connectivity index is 2.25. The molecule has 0 amide bonds. The Hall–Kier alpha value is -1.46. The number of anilines is 1. The van der Waals surface area contributed by atoms with Crippen LogP contribution in [0.3, 0.4) is 0 Å². The van der Waals surface area contributed by atoms with Gasteiger partial charge in [-0.25, -0.2) is 4.98 Å². The van der Waals surface area contributed by atoms with Crippen molar-refractivity contribution in [1.29, 1.82) is 0 Å². The van der Waals surface area contributed by atoms with Crippen LogP contribution in [0.1, 0.15) is 0 Å². The van der Waals surface area contributed by atoms with Crippen molar-refractivity contribution in [2.75, 3.05) is 12.8 Å². The first-order chi connectivity index (χ1) is 8.19. The molecule has 0 saturated carbocycles. The van der Waals surface area contributed by atoms with Crippen LogP contribution in [0.4, 0.5) is 5.69 Å². The third kappa shape index (κ3) is 3.01. The number of nitrogen functional groups attached to an aromatic ring is 1. The Morgan fingerprint density at radius 3 is 2.65 bits per heavy atom. The van der Waals surface area contributed by atoms with Crippen LogP contribution in [0, 0.1) is 0 Å². The molecule has 2 aromatic rings. The smallest absolute Gasteiger partial charge is 0.317 e. The van der Waals surface area contributed by atoms with Crippen molar-refractivity contribution in [1.82, 2.24) is 9.97 Å². The van der Waals surface area contributed by atoms with Crippen molar-refractivity contribution < 1.29 is 4.74 Å². The maximum absolute atomic E-state index is 6.01. The van der Waals surface area contributed by atoms with Crippen LogP contribution in [0.15, 0.2) is 40.4 Å². The van der Waals surface area contributed by atoms with Crippen molar-refractivity contribution in [2.45, 2.75) is 9.92 Å². The number of aromatic nitrogens is 2.